The Hall–Kier alpha value is -1.02. The molecule has 0 aliphatic carbocycles. The van der Waals surface area contributed by atoms with E-state index in [0.29, 0.717) is 28.6 Å². The topological polar surface area (TPSA) is 29.1 Å². The number of nitrogens with one attached hydrogen (secondary N) is 1. The summed E-state index contributed by atoms with van der Waals surface area (Å²) >= 11 is 5.45. The summed E-state index contributed by atoms with van der Waals surface area (Å²) in [6.07, 6.45) is 0.363. The van der Waals surface area contributed by atoms with E-state index in [1.165, 1.54) is 12.1 Å². The van der Waals surface area contributed by atoms with Gasteiger partial charge in [0.05, 0.1) is 5.56 Å². The monoisotopic (exact) mass is 465 g/mol. The van der Waals surface area contributed by atoms with Crippen LogP contribution < -0.4 is 5.32 Å². The van der Waals surface area contributed by atoms with Gasteiger partial charge >= 0.3 is 0 Å². The molecule has 2 aromatic carbocycles. The summed E-state index contributed by atoms with van der Waals surface area (Å²) in [7, 11) is 0. The first-order chi connectivity index (χ1) is 9.95. The quantitative estimate of drug-likeness (QED) is 0.670. The Kier molecular flexibility index (Phi) is 5.69. The van der Waals surface area contributed by atoms with Gasteiger partial charge < -0.3 is 5.32 Å². The maximum atomic E-state index is 13.0. The average Bonchev–Trinajstić information content (AvgIpc) is 2.40. The van der Waals surface area contributed by atoms with Crippen molar-refractivity contribution in [3.63, 3.8) is 0 Å². The van der Waals surface area contributed by atoms with Gasteiger partial charge in [-0.05, 0) is 80.8 Å². The first kappa shape index (κ1) is 16.4. The molecule has 0 spiro atoms. The van der Waals surface area contributed by atoms with Crippen LogP contribution in [0.4, 0.5) is 8.78 Å². The Labute approximate surface area is 143 Å². The van der Waals surface area contributed by atoms with E-state index < -0.39 is 11.6 Å². The molecule has 2 rings (SSSR count). The highest BCUT2D eigenvalue weighted by Crippen LogP contribution is 2.19. The number of halogens is 4. The predicted octanol–water partition coefficient (Wildman–Crippen LogP) is 4.30. The van der Waals surface area contributed by atoms with Gasteiger partial charge in [0.15, 0.2) is 0 Å². The fourth-order valence-corrected chi connectivity index (χ4v) is 2.76. The molecule has 6 heteroatoms. The summed E-state index contributed by atoms with van der Waals surface area (Å²) in [6, 6.07) is 8.80. The molecule has 110 valence electrons. The number of hydrogen-bond acceptors (Lipinski definition) is 1. The second-order valence-corrected chi connectivity index (χ2v) is 6.51. The first-order valence-corrected chi connectivity index (χ1v) is 8.01. The van der Waals surface area contributed by atoms with Crippen molar-refractivity contribution in [2.45, 2.75) is 6.42 Å². The van der Waals surface area contributed by atoms with Gasteiger partial charge in [0.1, 0.15) is 11.6 Å². The standard InChI is InChI=1S/C15H11BrF2INO/c16-14-2-1-12(19)8-13(14)15(21)20-4-3-9-5-10(17)7-11(18)6-9/h1-2,5-8H,3-4H2,(H,20,21). The molecule has 0 aliphatic heterocycles. The highest BCUT2D eigenvalue weighted by atomic mass is 127. The number of carbonyl (C=O) groups is 1. The minimum Gasteiger partial charge on any atom is -0.352 e. The van der Waals surface area contributed by atoms with E-state index in [1.807, 2.05) is 6.07 Å². The summed E-state index contributed by atoms with van der Waals surface area (Å²) in [5, 5.41) is 2.74. The number of amides is 1. The molecule has 0 aromatic heterocycles. The summed E-state index contributed by atoms with van der Waals surface area (Å²) in [5.74, 6) is -1.45. The van der Waals surface area contributed by atoms with Crippen molar-refractivity contribution in [1.29, 1.82) is 0 Å². The minimum atomic E-state index is -0.614. The smallest absolute Gasteiger partial charge is 0.252 e. The largest absolute Gasteiger partial charge is 0.352 e. The van der Waals surface area contributed by atoms with Gasteiger partial charge in [0.2, 0.25) is 0 Å². The molecule has 0 heterocycles. The van der Waals surface area contributed by atoms with E-state index in [-0.39, 0.29) is 5.91 Å². The zero-order valence-electron chi connectivity index (χ0n) is 10.8. The van der Waals surface area contributed by atoms with Crippen LogP contribution in [-0.2, 0) is 6.42 Å². The van der Waals surface area contributed by atoms with Gasteiger partial charge in [-0.15, -0.1) is 0 Å². The molecule has 2 aromatic rings. The summed E-state index contributed by atoms with van der Waals surface area (Å²) in [6.45, 7) is 0.305. The second-order valence-electron chi connectivity index (χ2n) is 4.41. The Balaban J connectivity index is 1.96. The third-order valence-electron chi connectivity index (χ3n) is 2.79. The van der Waals surface area contributed by atoms with Crippen LogP contribution in [0.1, 0.15) is 15.9 Å². The second kappa shape index (κ2) is 7.31. The summed E-state index contributed by atoms with van der Waals surface area (Å²) in [4.78, 5) is 12.0. The predicted molar refractivity (Wildman–Crippen MR) is 89.3 cm³/mol. The third kappa shape index (κ3) is 4.74. The maximum Gasteiger partial charge on any atom is 0.252 e. The van der Waals surface area contributed by atoms with Crippen molar-refractivity contribution in [2.24, 2.45) is 0 Å². The lowest BCUT2D eigenvalue weighted by molar-refractivity contribution is 0.0953. The van der Waals surface area contributed by atoms with Crippen LogP contribution in [0.3, 0.4) is 0 Å². The molecule has 0 bridgehead atoms. The fraction of sp³-hybridized carbons (Fsp3) is 0.133. The summed E-state index contributed by atoms with van der Waals surface area (Å²) < 4.78 is 27.7. The SMILES string of the molecule is O=C(NCCc1cc(F)cc(F)c1)c1cc(I)ccc1Br. The van der Waals surface area contributed by atoms with Crippen LogP contribution in [-0.4, -0.2) is 12.5 Å². The molecule has 0 fully saturated rings. The van der Waals surface area contributed by atoms with Gasteiger partial charge in [-0.25, -0.2) is 8.78 Å². The maximum absolute atomic E-state index is 13.0. The van der Waals surface area contributed by atoms with Gasteiger partial charge in [-0.1, -0.05) is 0 Å². The number of carbonyl (C=O) groups excluding carboxylic acids is 1. The molecule has 0 saturated carbocycles. The normalized spacial score (nSPS) is 10.5. The zero-order chi connectivity index (χ0) is 15.4. The average molecular weight is 466 g/mol. The van der Waals surface area contributed by atoms with Gasteiger partial charge in [0, 0.05) is 20.7 Å². The zero-order valence-corrected chi connectivity index (χ0v) is 14.5. The Morgan fingerprint density at radius 1 is 1.14 bits per heavy atom. The van der Waals surface area contributed by atoms with Crippen molar-refractivity contribution in [3.8, 4) is 0 Å². The molecule has 1 amide bonds. The Bertz CT molecular complexity index is 658. The number of hydrogen-bond donors (Lipinski definition) is 1. The van der Waals surface area contributed by atoms with Crippen LogP contribution in [0, 0.1) is 15.2 Å². The minimum absolute atomic E-state index is 0.225. The molecule has 21 heavy (non-hydrogen) atoms. The van der Waals surface area contributed by atoms with Crippen LogP contribution >= 0.6 is 38.5 Å². The number of benzene rings is 2. The van der Waals surface area contributed by atoms with Crippen molar-refractivity contribution >= 4 is 44.4 Å². The molecule has 1 N–H and O–H groups in total. The highest BCUT2D eigenvalue weighted by molar-refractivity contribution is 14.1. The van der Waals surface area contributed by atoms with E-state index in [2.05, 4.69) is 43.8 Å². The molecule has 0 saturated heterocycles. The molecular weight excluding hydrogens is 455 g/mol. The van der Waals surface area contributed by atoms with E-state index >= 15 is 0 Å². The lowest BCUT2D eigenvalue weighted by atomic mass is 10.1. The lowest BCUT2D eigenvalue weighted by Gasteiger charge is -2.08. The molecule has 0 radical (unpaired) electrons. The molecule has 0 atom stereocenters. The van der Waals surface area contributed by atoms with Crippen molar-refractivity contribution in [2.75, 3.05) is 6.54 Å². The van der Waals surface area contributed by atoms with E-state index in [4.69, 9.17) is 0 Å². The van der Waals surface area contributed by atoms with Crippen molar-refractivity contribution in [1.82, 2.24) is 5.32 Å². The van der Waals surface area contributed by atoms with Gasteiger partial charge in [-0.2, -0.15) is 0 Å². The molecule has 0 unspecified atom stereocenters. The fourth-order valence-electron chi connectivity index (χ4n) is 1.84. The van der Waals surface area contributed by atoms with Gasteiger partial charge in [-0.3, -0.25) is 4.79 Å². The first-order valence-electron chi connectivity index (χ1n) is 6.14. The van der Waals surface area contributed by atoms with E-state index in [1.54, 1.807) is 12.1 Å². The van der Waals surface area contributed by atoms with E-state index in [0.717, 1.165) is 9.64 Å². The van der Waals surface area contributed by atoms with Crippen molar-refractivity contribution < 1.29 is 13.6 Å². The summed E-state index contributed by atoms with van der Waals surface area (Å²) in [5.41, 5.74) is 1.04. The molecule has 0 aliphatic rings. The number of rotatable bonds is 4. The van der Waals surface area contributed by atoms with Crippen LogP contribution in [0.5, 0.6) is 0 Å². The third-order valence-corrected chi connectivity index (χ3v) is 4.16. The van der Waals surface area contributed by atoms with Crippen LogP contribution in [0.15, 0.2) is 40.9 Å². The van der Waals surface area contributed by atoms with Crippen LogP contribution in [0.2, 0.25) is 0 Å². The molecule has 2 nitrogen and oxygen atoms in total. The van der Waals surface area contributed by atoms with Crippen molar-refractivity contribution in [3.05, 3.63) is 67.2 Å². The highest BCUT2D eigenvalue weighted by Gasteiger charge is 2.10. The van der Waals surface area contributed by atoms with Gasteiger partial charge in [0.25, 0.3) is 5.91 Å². The Morgan fingerprint density at radius 3 is 2.48 bits per heavy atom. The Morgan fingerprint density at radius 2 is 1.81 bits per heavy atom. The van der Waals surface area contributed by atoms with E-state index in [9.17, 15) is 13.6 Å². The molecular formula is C15H11BrF2INO. The van der Waals surface area contributed by atoms with Crippen LogP contribution in [0.25, 0.3) is 0 Å². The lowest BCUT2D eigenvalue weighted by Crippen LogP contribution is -2.26.